The van der Waals surface area contributed by atoms with Crippen molar-refractivity contribution in [1.29, 1.82) is 0 Å². The molecule has 2 aromatic rings. The molecule has 1 unspecified atom stereocenters. The molecule has 2 rings (SSSR count). The molecule has 0 radical (unpaired) electrons. The summed E-state index contributed by atoms with van der Waals surface area (Å²) in [6.45, 7) is -0.144. The lowest BCUT2D eigenvalue weighted by atomic mass is 10.1. The minimum atomic E-state index is -0.950. The molecule has 0 aliphatic heterocycles. The van der Waals surface area contributed by atoms with Crippen molar-refractivity contribution in [2.45, 2.75) is 6.10 Å². The Hall–Kier alpha value is -2.31. The first kappa shape index (κ1) is 16.1. The number of aliphatic hydroxyl groups excluding tert-OH is 1. The molecule has 1 N–H and O–H groups in total. The van der Waals surface area contributed by atoms with Crippen LogP contribution in [0, 0.1) is 10.1 Å². The van der Waals surface area contributed by atoms with Gasteiger partial charge in [-0.05, 0) is 23.8 Å². The molecule has 116 valence electrons. The minimum absolute atomic E-state index is 0.0134. The number of halogens is 1. The van der Waals surface area contributed by atoms with E-state index in [-0.39, 0.29) is 18.0 Å². The minimum Gasteiger partial charge on any atom is -0.497 e. The maximum absolute atomic E-state index is 10.9. The summed E-state index contributed by atoms with van der Waals surface area (Å²) in [7, 11) is 1.53. The number of nitro groups is 1. The lowest BCUT2D eigenvalue weighted by molar-refractivity contribution is -0.385. The largest absolute Gasteiger partial charge is 0.497 e. The normalized spacial score (nSPS) is 11.8. The van der Waals surface area contributed by atoms with Crippen molar-refractivity contribution in [3.05, 3.63) is 63.2 Å². The fraction of sp³-hybridized carbons (Fsp3) is 0.200. The Morgan fingerprint density at radius 3 is 2.77 bits per heavy atom. The van der Waals surface area contributed by atoms with Gasteiger partial charge in [0.15, 0.2) is 5.75 Å². The van der Waals surface area contributed by atoms with E-state index in [2.05, 4.69) is 0 Å². The van der Waals surface area contributed by atoms with Gasteiger partial charge in [0.05, 0.1) is 12.0 Å². The molecule has 0 aliphatic rings. The van der Waals surface area contributed by atoms with Gasteiger partial charge < -0.3 is 14.6 Å². The highest BCUT2D eigenvalue weighted by molar-refractivity contribution is 6.30. The number of hydrogen-bond donors (Lipinski definition) is 1. The first-order valence-corrected chi connectivity index (χ1v) is 6.78. The van der Waals surface area contributed by atoms with Crippen LogP contribution in [0.3, 0.4) is 0 Å². The zero-order chi connectivity index (χ0) is 16.1. The van der Waals surface area contributed by atoms with E-state index in [4.69, 9.17) is 21.1 Å². The van der Waals surface area contributed by atoms with E-state index in [9.17, 15) is 15.2 Å². The Morgan fingerprint density at radius 2 is 2.09 bits per heavy atom. The van der Waals surface area contributed by atoms with Crippen LogP contribution in [-0.2, 0) is 0 Å². The highest BCUT2D eigenvalue weighted by Gasteiger charge is 2.17. The quantitative estimate of drug-likeness (QED) is 0.651. The summed E-state index contributed by atoms with van der Waals surface area (Å²) in [5.41, 5.74) is 0.381. The molecule has 0 heterocycles. The second-order valence-corrected chi connectivity index (χ2v) is 4.91. The molecule has 22 heavy (non-hydrogen) atoms. The van der Waals surface area contributed by atoms with E-state index in [0.717, 1.165) is 0 Å². The number of nitro benzene ring substituents is 1. The number of benzene rings is 2. The lowest BCUT2D eigenvalue weighted by Gasteiger charge is -2.13. The monoisotopic (exact) mass is 323 g/mol. The molecule has 6 nitrogen and oxygen atoms in total. The number of aliphatic hydroxyl groups is 1. The van der Waals surface area contributed by atoms with Gasteiger partial charge in [-0.25, -0.2) is 0 Å². The fourth-order valence-corrected chi connectivity index (χ4v) is 2.03. The Morgan fingerprint density at radius 1 is 1.32 bits per heavy atom. The summed E-state index contributed by atoms with van der Waals surface area (Å²) in [6, 6.07) is 10.9. The summed E-state index contributed by atoms with van der Waals surface area (Å²) in [6.07, 6.45) is -0.950. The molecule has 2 aromatic carbocycles. The maximum Gasteiger partial charge on any atom is 0.311 e. The SMILES string of the molecule is COc1cccc(C(O)COc2cc(Cl)ccc2[N+](=O)[O-])c1. The third-order valence-corrected chi connectivity index (χ3v) is 3.23. The number of nitrogens with zero attached hydrogens (tertiary/aromatic N) is 1. The average molecular weight is 324 g/mol. The molecule has 0 bridgehead atoms. The molecule has 0 spiro atoms. The van der Waals surface area contributed by atoms with Crippen LogP contribution in [0.15, 0.2) is 42.5 Å². The van der Waals surface area contributed by atoms with Gasteiger partial charge in [-0.2, -0.15) is 0 Å². The topological polar surface area (TPSA) is 81.8 Å². The zero-order valence-corrected chi connectivity index (χ0v) is 12.5. The van der Waals surface area contributed by atoms with Crippen molar-refractivity contribution in [3.8, 4) is 11.5 Å². The van der Waals surface area contributed by atoms with Crippen LogP contribution in [-0.4, -0.2) is 23.7 Å². The maximum atomic E-state index is 10.9. The number of methoxy groups -OCH3 is 1. The molecular weight excluding hydrogens is 310 g/mol. The van der Waals surface area contributed by atoms with Gasteiger partial charge >= 0.3 is 5.69 Å². The van der Waals surface area contributed by atoms with Crippen LogP contribution in [0.2, 0.25) is 5.02 Å². The summed E-state index contributed by atoms with van der Waals surface area (Å²) >= 11 is 5.81. The summed E-state index contributed by atoms with van der Waals surface area (Å²) in [4.78, 5) is 10.4. The molecule has 0 aliphatic carbocycles. The Bertz CT molecular complexity index is 677. The smallest absolute Gasteiger partial charge is 0.311 e. The molecule has 0 amide bonds. The van der Waals surface area contributed by atoms with Gasteiger partial charge in [-0.3, -0.25) is 10.1 Å². The van der Waals surface area contributed by atoms with E-state index in [1.54, 1.807) is 24.3 Å². The lowest BCUT2D eigenvalue weighted by Crippen LogP contribution is -2.10. The van der Waals surface area contributed by atoms with Crippen LogP contribution in [0.4, 0.5) is 5.69 Å². The van der Waals surface area contributed by atoms with Gasteiger partial charge in [0, 0.05) is 17.2 Å². The van der Waals surface area contributed by atoms with Gasteiger partial charge in [0.2, 0.25) is 0 Å². The van der Waals surface area contributed by atoms with Crippen LogP contribution in [0.1, 0.15) is 11.7 Å². The van der Waals surface area contributed by atoms with Gasteiger partial charge in [0.25, 0.3) is 0 Å². The predicted octanol–water partition coefficient (Wildman–Crippen LogP) is 3.37. The number of hydrogen-bond acceptors (Lipinski definition) is 5. The molecule has 0 aromatic heterocycles. The van der Waals surface area contributed by atoms with E-state index in [1.165, 1.54) is 25.3 Å². The van der Waals surface area contributed by atoms with Crippen molar-refractivity contribution < 1.29 is 19.5 Å². The average Bonchev–Trinajstić information content (AvgIpc) is 2.52. The molecular formula is C15H14ClNO5. The first-order valence-electron chi connectivity index (χ1n) is 6.40. The molecule has 1 atom stereocenters. The van der Waals surface area contributed by atoms with Crippen LogP contribution < -0.4 is 9.47 Å². The Kier molecular flexibility index (Phi) is 5.19. The van der Waals surface area contributed by atoms with Crippen LogP contribution in [0.5, 0.6) is 11.5 Å². The highest BCUT2D eigenvalue weighted by atomic mass is 35.5. The van der Waals surface area contributed by atoms with E-state index in [1.807, 2.05) is 0 Å². The Labute approximate surface area is 132 Å². The van der Waals surface area contributed by atoms with Gasteiger partial charge in [-0.15, -0.1) is 0 Å². The van der Waals surface area contributed by atoms with E-state index in [0.29, 0.717) is 16.3 Å². The molecule has 7 heteroatoms. The number of rotatable bonds is 6. The molecule has 0 fully saturated rings. The summed E-state index contributed by atoms with van der Waals surface area (Å²) in [5, 5.41) is 21.4. The van der Waals surface area contributed by atoms with Crippen molar-refractivity contribution in [2.75, 3.05) is 13.7 Å². The summed E-state index contributed by atoms with van der Waals surface area (Å²) in [5.74, 6) is 0.615. The summed E-state index contributed by atoms with van der Waals surface area (Å²) < 4.78 is 10.4. The molecule has 0 saturated carbocycles. The second-order valence-electron chi connectivity index (χ2n) is 4.47. The van der Waals surface area contributed by atoms with Crippen LogP contribution >= 0.6 is 11.6 Å². The first-order chi connectivity index (χ1) is 10.5. The fourth-order valence-electron chi connectivity index (χ4n) is 1.87. The number of ether oxygens (including phenoxy) is 2. The predicted molar refractivity (Wildman–Crippen MR) is 81.6 cm³/mol. The van der Waals surface area contributed by atoms with Crippen molar-refractivity contribution in [3.63, 3.8) is 0 Å². The van der Waals surface area contributed by atoms with Crippen molar-refractivity contribution >= 4 is 17.3 Å². The van der Waals surface area contributed by atoms with E-state index < -0.39 is 11.0 Å². The van der Waals surface area contributed by atoms with Gasteiger partial charge in [0.1, 0.15) is 18.5 Å². The van der Waals surface area contributed by atoms with E-state index >= 15 is 0 Å². The van der Waals surface area contributed by atoms with Crippen molar-refractivity contribution in [1.82, 2.24) is 0 Å². The van der Waals surface area contributed by atoms with Crippen molar-refractivity contribution in [2.24, 2.45) is 0 Å². The molecule has 0 saturated heterocycles. The highest BCUT2D eigenvalue weighted by Crippen LogP contribution is 2.31. The Balaban J connectivity index is 2.12. The van der Waals surface area contributed by atoms with Crippen LogP contribution in [0.25, 0.3) is 0 Å². The third-order valence-electron chi connectivity index (χ3n) is 2.99. The van der Waals surface area contributed by atoms with Gasteiger partial charge in [-0.1, -0.05) is 23.7 Å². The zero-order valence-electron chi connectivity index (χ0n) is 11.7. The standard InChI is InChI=1S/C15H14ClNO5/c1-21-12-4-2-3-10(7-12)14(18)9-22-15-8-11(16)5-6-13(15)17(19)20/h2-8,14,18H,9H2,1H3. The third kappa shape index (κ3) is 3.87. The second kappa shape index (κ2) is 7.11.